The molecule has 5 heteroatoms. The van der Waals surface area contributed by atoms with Crippen LogP contribution < -0.4 is 5.32 Å². The lowest BCUT2D eigenvalue weighted by molar-refractivity contribution is 0.102. The van der Waals surface area contributed by atoms with Crippen LogP contribution in [0.2, 0.25) is 5.02 Å². The minimum absolute atomic E-state index is 0.170. The molecule has 0 saturated heterocycles. The molecule has 3 nitrogen and oxygen atoms in total. The SMILES string of the molecule is C[C@@H]1CC(C)(C)Cc2c1sc(NC(=O)c1ccccc1Cl)c2C#N. The maximum Gasteiger partial charge on any atom is 0.257 e. The van der Waals surface area contributed by atoms with E-state index >= 15 is 0 Å². The maximum atomic E-state index is 12.5. The van der Waals surface area contributed by atoms with E-state index in [1.165, 1.54) is 16.2 Å². The van der Waals surface area contributed by atoms with E-state index in [1.807, 2.05) is 0 Å². The summed E-state index contributed by atoms with van der Waals surface area (Å²) in [6, 6.07) is 9.22. The van der Waals surface area contributed by atoms with Gasteiger partial charge in [-0.3, -0.25) is 4.79 Å². The first-order valence-electron chi connectivity index (χ1n) is 7.94. The summed E-state index contributed by atoms with van der Waals surface area (Å²) in [4.78, 5) is 13.7. The third-order valence-electron chi connectivity index (χ3n) is 4.46. The third kappa shape index (κ3) is 3.07. The number of thiophene rings is 1. The van der Waals surface area contributed by atoms with Crippen molar-refractivity contribution in [1.29, 1.82) is 5.26 Å². The lowest BCUT2D eigenvalue weighted by Gasteiger charge is -2.33. The van der Waals surface area contributed by atoms with Crippen LogP contribution in [0.1, 0.15) is 59.5 Å². The summed E-state index contributed by atoms with van der Waals surface area (Å²) >= 11 is 7.62. The van der Waals surface area contributed by atoms with Crippen LogP contribution in [0.4, 0.5) is 5.00 Å². The van der Waals surface area contributed by atoms with Gasteiger partial charge < -0.3 is 5.32 Å². The van der Waals surface area contributed by atoms with Crippen LogP contribution >= 0.6 is 22.9 Å². The van der Waals surface area contributed by atoms with E-state index < -0.39 is 0 Å². The molecule has 0 fully saturated rings. The van der Waals surface area contributed by atoms with E-state index in [-0.39, 0.29) is 11.3 Å². The van der Waals surface area contributed by atoms with Crippen molar-refractivity contribution in [3.8, 4) is 6.07 Å². The van der Waals surface area contributed by atoms with Crippen LogP contribution in [-0.4, -0.2) is 5.91 Å². The van der Waals surface area contributed by atoms with E-state index in [0.29, 0.717) is 27.1 Å². The first-order chi connectivity index (χ1) is 11.3. The standard InChI is InChI=1S/C19H19ClN2OS/c1-11-8-19(2,3)9-13-14(10-21)18(24-16(11)13)22-17(23)12-6-4-5-7-15(12)20/h4-7,11H,8-9H2,1-3H3,(H,22,23)/t11-/m1/s1. The van der Waals surface area contributed by atoms with Gasteiger partial charge in [-0.25, -0.2) is 0 Å². The number of benzene rings is 1. The second-order valence-electron chi connectivity index (χ2n) is 7.14. The van der Waals surface area contributed by atoms with Gasteiger partial charge >= 0.3 is 0 Å². The zero-order valence-corrected chi connectivity index (χ0v) is 15.5. The number of anilines is 1. The molecular weight excluding hydrogens is 340 g/mol. The Morgan fingerprint density at radius 2 is 2.12 bits per heavy atom. The van der Waals surface area contributed by atoms with Crippen LogP contribution in [0.5, 0.6) is 0 Å². The summed E-state index contributed by atoms with van der Waals surface area (Å²) in [5.41, 5.74) is 2.29. The fourth-order valence-corrected chi connectivity index (χ4v) is 4.99. The molecule has 2 aromatic rings. The highest BCUT2D eigenvalue weighted by molar-refractivity contribution is 7.16. The van der Waals surface area contributed by atoms with E-state index in [1.54, 1.807) is 24.3 Å². The highest BCUT2D eigenvalue weighted by Crippen LogP contribution is 2.48. The van der Waals surface area contributed by atoms with Gasteiger partial charge in [-0.2, -0.15) is 5.26 Å². The molecular formula is C19H19ClN2OS. The largest absolute Gasteiger partial charge is 0.312 e. The normalized spacial score (nSPS) is 18.5. The van der Waals surface area contributed by atoms with Crippen molar-refractivity contribution in [2.75, 3.05) is 5.32 Å². The molecule has 1 amide bonds. The van der Waals surface area contributed by atoms with Gasteiger partial charge in [0.1, 0.15) is 11.1 Å². The van der Waals surface area contributed by atoms with Gasteiger partial charge in [-0.15, -0.1) is 11.3 Å². The number of hydrogen-bond acceptors (Lipinski definition) is 3. The molecule has 1 aliphatic carbocycles. The van der Waals surface area contributed by atoms with E-state index in [0.717, 1.165) is 18.4 Å². The Labute approximate surface area is 151 Å². The molecule has 0 bridgehead atoms. The van der Waals surface area contributed by atoms with Gasteiger partial charge in [-0.05, 0) is 41.9 Å². The predicted octanol–water partition coefficient (Wildman–Crippen LogP) is 5.60. The Balaban J connectivity index is 1.98. The van der Waals surface area contributed by atoms with Gasteiger partial charge in [0.25, 0.3) is 5.91 Å². The molecule has 1 heterocycles. The Bertz CT molecular complexity index is 848. The number of nitriles is 1. The highest BCUT2D eigenvalue weighted by Gasteiger charge is 2.34. The van der Waals surface area contributed by atoms with Crippen molar-refractivity contribution in [3.63, 3.8) is 0 Å². The average Bonchev–Trinajstić information content (AvgIpc) is 2.83. The van der Waals surface area contributed by atoms with Gasteiger partial charge in [0.2, 0.25) is 0 Å². The summed E-state index contributed by atoms with van der Waals surface area (Å²) in [5, 5.41) is 13.6. The first kappa shape index (κ1) is 17.0. The fourth-order valence-electron chi connectivity index (χ4n) is 3.55. The van der Waals surface area contributed by atoms with E-state index in [9.17, 15) is 10.1 Å². The van der Waals surface area contributed by atoms with Crippen molar-refractivity contribution in [1.82, 2.24) is 0 Å². The minimum Gasteiger partial charge on any atom is -0.312 e. The van der Waals surface area contributed by atoms with Crippen molar-refractivity contribution < 1.29 is 4.79 Å². The molecule has 1 atom stereocenters. The maximum absolute atomic E-state index is 12.5. The average molecular weight is 359 g/mol. The smallest absolute Gasteiger partial charge is 0.257 e. The van der Waals surface area contributed by atoms with Crippen LogP contribution in [0, 0.1) is 16.7 Å². The van der Waals surface area contributed by atoms with Gasteiger partial charge in [0, 0.05) is 4.88 Å². The molecule has 0 spiro atoms. The van der Waals surface area contributed by atoms with Crippen LogP contribution in [0.25, 0.3) is 0 Å². The molecule has 124 valence electrons. The third-order valence-corrected chi connectivity index (χ3v) is 6.17. The van der Waals surface area contributed by atoms with Crippen molar-refractivity contribution in [3.05, 3.63) is 50.9 Å². The number of fused-ring (bicyclic) bond motifs is 1. The number of hydrogen-bond donors (Lipinski definition) is 1. The Kier molecular flexibility index (Phi) is 4.42. The lowest BCUT2D eigenvalue weighted by Crippen LogP contribution is -2.23. The number of halogens is 1. The summed E-state index contributed by atoms with van der Waals surface area (Å²) < 4.78 is 0. The lowest BCUT2D eigenvalue weighted by atomic mass is 9.72. The molecule has 0 saturated carbocycles. The van der Waals surface area contributed by atoms with E-state index in [2.05, 4.69) is 32.2 Å². The number of amides is 1. The first-order valence-corrected chi connectivity index (χ1v) is 9.13. The molecule has 0 unspecified atom stereocenters. The molecule has 1 aliphatic rings. The Morgan fingerprint density at radius 1 is 1.42 bits per heavy atom. The molecule has 0 radical (unpaired) electrons. The fraction of sp³-hybridized carbons (Fsp3) is 0.368. The topological polar surface area (TPSA) is 52.9 Å². The number of nitrogens with one attached hydrogen (secondary N) is 1. The Hall–Kier alpha value is -1.83. The van der Waals surface area contributed by atoms with E-state index in [4.69, 9.17) is 11.6 Å². The monoisotopic (exact) mass is 358 g/mol. The summed E-state index contributed by atoms with van der Waals surface area (Å²) in [6.45, 7) is 6.65. The quantitative estimate of drug-likeness (QED) is 0.759. The second kappa shape index (κ2) is 6.23. The number of carbonyl (C=O) groups excluding carboxylic acids is 1. The number of carbonyl (C=O) groups is 1. The molecule has 1 aromatic heterocycles. The van der Waals surface area contributed by atoms with Crippen molar-refractivity contribution >= 4 is 33.8 Å². The van der Waals surface area contributed by atoms with Gasteiger partial charge in [0.15, 0.2) is 0 Å². The zero-order valence-electron chi connectivity index (χ0n) is 13.9. The number of rotatable bonds is 2. The van der Waals surface area contributed by atoms with Gasteiger partial charge in [0.05, 0.1) is 16.1 Å². The van der Waals surface area contributed by atoms with Crippen LogP contribution in [0.15, 0.2) is 24.3 Å². The molecule has 0 aliphatic heterocycles. The zero-order chi connectivity index (χ0) is 17.5. The summed E-state index contributed by atoms with van der Waals surface area (Å²) in [7, 11) is 0. The molecule has 3 rings (SSSR count). The molecule has 1 aromatic carbocycles. The van der Waals surface area contributed by atoms with Crippen LogP contribution in [-0.2, 0) is 6.42 Å². The van der Waals surface area contributed by atoms with Crippen molar-refractivity contribution in [2.45, 2.75) is 39.5 Å². The minimum atomic E-state index is -0.275. The molecule has 1 N–H and O–H groups in total. The Morgan fingerprint density at radius 3 is 2.79 bits per heavy atom. The highest BCUT2D eigenvalue weighted by atomic mass is 35.5. The number of nitrogens with zero attached hydrogens (tertiary/aromatic N) is 1. The second-order valence-corrected chi connectivity index (χ2v) is 8.60. The predicted molar refractivity (Wildman–Crippen MR) is 99.0 cm³/mol. The molecule has 24 heavy (non-hydrogen) atoms. The summed E-state index contributed by atoms with van der Waals surface area (Å²) in [5.74, 6) is 0.120. The van der Waals surface area contributed by atoms with Gasteiger partial charge in [-0.1, -0.05) is 44.5 Å². The summed E-state index contributed by atoms with van der Waals surface area (Å²) in [6.07, 6.45) is 1.96. The van der Waals surface area contributed by atoms with Crippen molar-refractivity contribution in [2.24, 2.45) is 5.41 Å². The van der Waals surface area contributed by atoms with Crippen LogP contribution in [0.3, 0.4) is 0 Å².